The summed E-state index contributed by atoms with van der Waals surface area (Å²) in [5, 5.41) is 5.56. The summed E-state index contributed by atoms with van der Waals surface area (Å²) in [6, 6.07) is 67.4. The second-order valence-electron chi connectivity index (χ2n) is 15.0. The molecule has 12 aromatic rings. The smallest absolute Gasteiger partial charge is 0.164 e. The number of pyridine rings is 1. The second-order valence-corrected chi connectivity index (χ2v) is 16.0. The minimum Gasteiger partial charge on any atom is -0.455 e. The molecule has 0 aliphatic carbocycles. The van der Waals surface area contributed by atoms with Crippen LogP contribution >= 0.6 is 11.3 Å². The van der Waals surface area contributed by atoms with Crippen LogP contribution in [0.3, 0.4) is 0 Å². The van der Waals surface area contributed by atoms with Gasteiger partial charge in [0.1, 0.15) is 11.2 Å². The third kappa shape index (κ3) is 5.76. The Morgan fingerprint density at radius 2 is 0.933 bits per heavy atom. The van der Waals surface area contributed by atoms with Gasteiger partial charge in [0.05, 0.1) is 16.6 Å². The summed E-state index contributed by atoms with van der Waals surface area (Å²) < 4.78 is 9.30. The van der Waals surface area contributed by atoms with Crippen LogP contribution in [0.1, 0.15) is 0 Å². The molecule has 60 heavy (non-hydrogen) atoms. The van der Waals surface area contributed by atoms with Crippen LogP contribution in [0.2, 0.25) is 0 Å². The van der Waals surface area contributed by atoms with Crippen LogP contribution in [0.15, 0.2) is 199 Å². The molecular formula is C54H32N4OS. The average molecular weight is 785 g/mol. The van der Waals surface area contributed by atoms with Gasteiger partial charge in [0, 0.05) is 53.2 Å². The van der Waals surface area contributed by atoms with E-state index in [9.17, 15) is 0 Å². The van der Waals surface area contributed by atoms with Crippen molar-refractivity contribution in [3.05, 3.63) is 194 Å². The lowest BCUT2D eigenvalue weighted by atomic mass is 9.96. The van der Waals surface area contributed by atoms with E-state index in [1.807, 2.05) is 84.1 Å². The van der Waals surface area contributed by atoms with Gasteiger partial charge in [-0.25, -0.2) is 19.9 Å². The molecule has 0 fully saturated rings. The number of benzene rings is 8. The lowest BCUT2D eigenvalue weighted by Gasteiger charge is -2.11. The van der Waals surface area contributed by atoms with Crippen LogP contribution in [0.5, 0.6) is 0 Å². The van der Waals surface area contributed by atoms with E-state index in [0.29, 0.717) is 17.5 Å². The number of hydrogen-bond acceptors (Lipinski definition) is 6. The molecule has 0 amide bonds. The molecule has 0 N–H and O–H groups in total. The SMILES string of the molecule is c1ccc(-c2nc(-c3ccccc3)nc(-c3cccc(-c4nc5cc(-c6cccc(-c7cccc8c7sc7ccccc78)c6)ccc5c5oc6ccccc6c45)c3)n2)cc1. The average Bonchev–Trinajstić information content (AvgIpc) is 3.91. The highest BCUT2D eigenvalue weighted by Crippen LogP contribution is 2.43. The van der Waals surface area contributed by atoms with E-state index in [-0.39, 0.29) is 0 Å². The van der Waals surface area contributed by atoms with E-state index in [2.05, 4.69) is 121 Å². The van der Waals surface area contributed by atoms with Crippen LogP contribution in [-0.4, -0.2) is 19.9 Å². The standard InChI is InChI=1S/C54H32N4OS/c1-3-14-33(15-4-1)52-56-53(34-16-5-2-6-17-34)58-54(57-52)39-21-12-20-38(31-39)49-48-44-23-7-9-26-46(44)59-50(48)43-29-28-36(32-45(43)55-49)35-18-11-19-37(30-35)40-24-13-25-42-41-22-8-10-27-47(41)60-51(40)42/h1-32H. The van der Waals surface area contributed by atoms with Gasteiger partial charge in [0.15, 0.2) is 17.5 Å². The van der Waals surface area contributed by atoms with Crippen molar-refractivity contribution in [1.29, 1.82) is 0 Å². The van der Waals surface area contributed by atoms with Crippen molar-refractivity contribution < 1.29 is 4.42 Å². The van der Waals surface area contributed by atoms with Crippen molar-refractivity contribution in [1.82, 2.24) is 19.9 Å². The van der Waals surface area contributed by atoms with Crippen molar-refractivity contribution >= 4 is 64.4 Å². The summed E-state index contributed by atoms with van der Waals surface area (Å²) in [5.41, 5.74) is 11.6. The first kappa shape index (κ1) is 34.3. The summed E-state index contributed by atoms with van der Waals surface area (Å²) >= 11 is 1.86. The Morgan fingerprint density at radius 1 is 0.367 bits per heavy atom. The molecule has 6 heteroatoms. The lowest BCUT2D eigenvalue weighted by Crippen LogP contribution is -2.00. The van der Waals surface area contributed by atoms with E-state index in [1.165, 1.54) is 31.3 Å². The summed E-state index contributed by atoms with van der Waals surface area (Å²) in [4.78, 5) is 20.5. The molecule has 0 saturated carbocycles. The molecular weight excluding hydrogens is 753 g/mol. The van der Waals surface area contributed by atoms with Gasteiger partial charge < -0.3 is 4.42 Å². The number of thiophene rings is 1. The molecule has 4 aromatic heterocycles. The lowest BCUT2D eigenvalue weighted by molar-refractivity contribution is 0.672. The molecule has 0 aliphatic rings. The number of nitrogens with zero attached hydrogens (tertiary/aromatic N) is 4. The quantitative estimate of drug-likeness (QED) is 0.168. The first-order valence-corrected chi connectivity index (χ1v) is 20.8. The number of hydrogen-bond donors (Lipinski definition) is 0. The van der Waals surface area contributed by atoms with Crippen LogP contribution in [0, 0.1) is 0 Å². The monoisotopic (exact) mass is 784 g/mol. The van der Waals surface area contributed by atoms with Crippen molar-refractivity contribution in [3.63, 3.8) is 0 Å². The van der Waals surface area contributed by atoms with Gasteiger partial charge in [0.25, 0.3) is 0 Å². The maximum atomic E-state index is 6.69. The number of aromatic nitrogens is 4. The minimum atomic E-state index is 0.590. The van der Waals surface area contributed by atoms with E-state index in [1.54, 1.807) is 0 Å². The highest BCUT2D eigenvalue weighted by molar-refractivity contribution is 7.26. The zero-order valence-electron chi connectivity index (χ0n) is 32.1. The summed E-state index contributed by atoms with van der Waals surface area (Å²) in [6.07, 6.45) is 0. The van der Waals surface area contributed by atoms with E-state index < -0.39 is 0 Å². The molecule has 0 radical (unpaired) electrons. The Hall–Kier alpha value is -7.80. The molecule has 0 unspecified atom stereocenters. The molecule has 0 aliphatic heterocycles. The molecule has 280 valence electrons. The van der Waals surface area contributed by atoms with Gasteiger partial charge in [-0.15, -0.1) is 11.3 Å². The van der Waals surface area contributed by atoms with Crippen LogP contribution in [0.4, 0.5) is 0 Å². The number of furan rings is 1. The maximum absolute atomic E-state index is 6.69. The topological polar surface area (TPSA) is 64.7 Å². The summed E-state index contributed by atoms with van der Waals surface area (Å²) in [6.45, 7) is 0. The van der Waals surface area contributed by atoms with Crippen molar-refractivity contribution in [3.8, 4) is 67.7 Å². The van der Waals surface area contributed by atoms with Gasteiger partial charge in [-0.05, 0) is 58.7 Å². The maximum Gasteiger partial charge on any atom is 0.164 e. The molecule has 0 spiro atoms. The Labute approximate surface area is 348 Å². The van der Waals surface area contributed by atoms with Gasteiger partial charge >= 0.3 is 0 Å². The van der Waals surface area contributed by atoms with E-state index in [4.69, 9.17) is 24.4 Å². The van der Waals surface area contributed by atoms with Crippen LogP contribution in [0.25, 0.3) is 121 Å². The Morgan fingerprint density at radius 3 is 1.72 bits per heavy atom. The Balaban J connectivity index is 1.01. The van der Waals surface area contributed by atoms with Gasteiger partial charge in [0.2, 0.25) is 0 Å². The highest BCUT2D eigenvalue weighted by Gasteiger charge is 2.20. The third-order valence-corrected chi connectivity index (χ3v) is 12.5. The van der Waals surface area contributed by atoms with Crippen LogP contribution in [-0.2, 0) is 0 Å². The number of rotatable bonds is 6. The molecule has 4 heterocycles. The third-order valence-electron chi connectivity index (χ3n) is 11.3. The summed E-state index contributed by atoms with van der Waals surface area (Å²) in [5.74, 6) is 1.83. The Kier molecular flexibility index (Phi) is 7.96. The highest BCUT2D eigenvalue weighted by atomic mass is 32.1. The zero-order valence-corrected chi connectivity index (χ0v) is 32.9. The van der Waals surface area contributed by atoms with Gasteiger partial charge in [-0.1, -0.05) is 158 Å². The van der Waals surface area contributed by atoms with Crippen molar-refractivity contribution in [2.24, 2.45) is 0 Å². The second kappa shape index (κ2) is 13.9. The zero-order chi connectivity index (χ0) is 39.6. The minimum absolute atomic E-state index is 0.590. The number of fused-ring (bicyclic) bond motifs is 8. The fourth-order valence-corrected chi connectivity index (χ4v) is 9.67. The predicted molar refractivity (Wildman–Crippen MR) is 248 cm³/mol. The van der Waals surface area contributed by atoms with Crippen molar-refractivity contribution in [2.45, 2.75) is 0 Å². The molecule has 12 rings (SSSR count). The first-order chi connectivity index (χ1) is 29.7. The molecule has 8 aromatic carbocycles. The normalized spacial score (nSPS) is 11.7. The van der Waals surface area contributed by atoms with Crippen LogP contribution < -0.4 is 0 Å². The predicted octanol–water partition coefficient (Wildman–Crippen LogP) is 14.7. The van der Waals surface area contributed by atoms with Gasteiger partial charge in [-0.3, -0.25) is 0 Å². The molecule has 0 atom stereocenters. The summed E-state index contributed by atoms with van der Waals surface area (Å²) in [7, 11) is 0. The van der Waals surface area contributed by atoms with Gasteiger partial charge in [-0.2, -0.15) is 0 Å². The molecule has 0 saturated heterocycles. The first-order valence-electron chi connectivity index (χ1n) is 20.0. The fraction of sp³-hybridized carbons (Fsp3) is 0. The fourth-order valence-electron chi connectivity index (χ4n) is 8.44. The van der Waals surface area contributed by atoms with E-state index >= 15 is 0 Å². The molecule has 0 bridgehead atoms. The number of para-hydroxylation sites is 1. The van der Waals surface area contributed by atoms with Crippen molar-refractivity contribution in [2.75, 3.05) is 0 Å². The van der Waals surface area contributed by atoms with E-state index in [0.717, 1.165) is 71.9 Å². The Bertz CT molecular complexity index is 3550. The largest absolute Gasteiger partial charge is 0.455 e. The molecule has 5 nitrogen and oxygen atoms in total.